The molecule has 1 fully saturated rings. The number of methoxy groups -OCH3 is 1. The largest absolute Gasteiger partial charge is 0.381 e. The molecule has 2 rings (SSSR count). The van der Waals surface area contributed by atoms with Gasteiger partial charge in [-0.2, -0.15) is 5.10 Å². The van der Waals surface area contributed by atoms with E-state index in [0.717, 1.165) is 13.0 Å². The van der Waals surface area contributed by atoms with Gasteiger partial charge in [0.25, 0.3) is 0 Å². The van der Waals surface area contributed by atoms with Crippen LogP contribution < -0.4 is 5.32 Å². The standard InChI is InChI=1S/C16H29N3O/c1-15(2,3)14-11(10-19(6)18-14)9-17-12-8-13(20-7)16(12,4)5/h10,12-13,17H,8-9H2,1-7H3. The zero-order chi connectivity index (χ0) is 15.1. The molecule has 20 heavy (non-hydrogen) atoms. The molecule has 1 aromatic rings. The van der Waals surface area contributed by atoms with Crippen LogP contribution in [0.3, 0.4) is 0 Å². The second kappa shape index (κ2) is 5.15. The summed E-state index contributed by atoms with van der Waals surface area (Å²) in [6, 6.07) is 0.514. The molecule has 0 aliphatic heterocycles. The predicted molar refractivity (Wildman–Crippen MR) is 81.7 cm³/mol. The molecule has 1 heterocycles. The van der Waals surface area contributed by atoms with Crippen molar-refractivity contribution in [2.24, 2.45) is 12.5 Å². The molecule has 2 unspecified atom stereocenters. The van der Waals surface area contributed by atoms with E-state index in [1.807, 2.05) is 18.8 Å². The van der Waals surface area contributed by atoms with E-state index in [0.29, 0.717) is 12.1 Å². The maximum Gasteiger partial charge on any atom is 0.0722 e. The van der Waals surface area contributed by atoms with Crippen molar-refractivity contribution in [1.29, 1.82) is 0 Å². The van der Waals surface area contributed by atoms with Crippen molar-refractivity contribution >= 4 is 0 Å². The van der Waals surface area contributed by atoms with E-state index < -0.39 is 0 Å². The van der Waals surface area contributed by atoms with E-state index in [2.05, 4.69) is 51.2 Å². The Hall–Kier alpha value is -0.870. The fourth-order valence-electron chi connectivity index (χ4n) is 3.16. The first kappa shape index (κ1) is 15.5. The van der Waals surface area contributed by atoms with Crippen molar-refractivity contribution in [1.82, 2.24) is 15.1 Å². The van der Waals surface area contributed by atoms with Crippen LogP contribution in [0, 0.1) is 5.41 Å². The average molecular weight is 279 g/mol. The van der Waals surface area contributed by atoms with Crippen LogP contribution in [0.1, 0.15) is 52.3 Å². The maximum absolute atomic E-state index is 5.51. The molecular weight excluding hydrogens is 250 g/mol. The summed E-state index contributed by atoms with van der Waals surface area (Å²) in [7, 11) is 3.80. The van der Waals surface area contributed by atoms with Crippen molar-refractivity contribution < 1.29 is 4.74 Å². The van der Waals surface area contributed by atoms with Gasteiger partial charge >= 0.3 is 0 Å². The summed E-state index contributed by atoms with van der Waals surface area (Å²) in [6.07, 6.45) is 3.60. The molecule has 1 aliphatic rings. The third-order valence-electron chi connectivity index (χ3n) is 4.62. The predicted octanol–water partition coefficient (Wildman–Crippen LogP) is 2.62. The summed E-state index contributed by atoms with van der Waals surface area (Å²) < 4.78 is 7.43. The molecular formula is C16H29N3O. The molecule has 1 N–H and O–H groups in total. The third kappa shape index (κ3) is 2.77. The number of nitrogens with one attached hydrogen (secondary N) is 1. The number of aryl methyl sites for hydroxylation is 1. The minimum atomic E-state index is 0.0858. The number of rotatable bonds is 4. The van der Waals surface area contributed by atoms with Crippen LogP contribution in [-0.4, -0.2) is 29.0 Å². The van der Waals surface area contributed by atoms with Crippen molar-refractivity contribution in [3.8, 4) is 0 Å². The van der Waals surface area contributed by atoms with Gasteiger partial charge in [0.05, 0.1) is 11.8 Å². The second-order valence-electron chi connectivity index (χ2n) is 7.64. The zero-order valence-electron chi connectivity index (χ0n) is 13.9. The molecule has 0 saturated heterocycles. The van der Waals surface area contributed by atoms with Crippen molar-refractivity contribution in [3.05, 3.63) is 17.5 Å². The van der Waals surface area contributed by atoms with Gasteiger partial charge in [-0.3, -0.25) is 4.68 Å². The van der Waals surface area contributed by atoms with Crippen LogP contribution in [0.2, 0.25) is 0 Å². The molecule has 0 aromatic carbocycles. The summed E-state index contributed by atoms with van der Waals surface area (Å²) in [6.45, 7) is 12.1. The van der Waals surface area contributed by atoms with E-state index >= 15 is 0 Å². The molecule has 4 nitrogen and oxygen atoms in total. The lowest BCUT2D eigenvalue weighted by Gasteiger charge is -2.51. The van der Waals surface area contributed by atoms with Crippen LogP contribution in [0.4, 0.5) is 0 Å². The Morgan fingerprint density at radius 1 is 1.45 bits per heavy atom. The van der Waals surface area contributed by atoms with E-state index in [9.17, 15) is 0 Å². The van der Waals surface area contributed by atoms with Gasteiger partial charge in [-0.05, 0) is 6.42 Å². The molecule has 114 valence electrons. The first-order valence-electron chi connectivity index (χ1n) is 7.45. The van der Waals surface area contributed by atoms with Crippen LogP contribution in [0.5, 0.6) is 0 Å². The molecule has 0 bridgehead atoms. The minimum absolute atomic E-state index is 0.0858. The van der Waals surface area contributed by atoms with Crippen molar-refractivity contribution in [2.75, 3.05) is 7.11 Å². The number of aromatic nitrogens is 2. The summed E-state index contributed by atoms with van der Waals surface area (Å²) in [5.74, 6) is 0. The van der Waals surface area contributed by atoms with Crippen molar-refractivity contribution in [3.63, 3.8) is 0 Å². The monoisotopic (exact) mass is 279 g/mol. The lowest BCUT2D eigenvalue weighted by molar-refractivity contribution is -0.0979. The third-order valence-corrected chi connectivity index (χ3v) is 4.62. The number of hydrogen-bond donors (Lipinski definition) is 1. The number of hydrogen-bond acceptors (Lipinski definition) is 3. The van der Waals surface area contributed by atoms with E-state index in [4.69, 9.17) is 4.74 Å². The van der Waals surface area contributed by atoms with E-state index in [1.54, 1.807) is 0 Å². The van der Waals surface area contributed by atoms with Crippen LogP contribution in [0.25, 0.3) is 0 Å². The topological polar surface area (TPSA) is 39.1 Å². The Morgan fingerprint density at radius 2 is 2.10 bits per heavy atom. The van der Waals surface area contributed by atoms with Gasteiger partial charge in [0.2, 0.25) is 0 Å². The van der Waals surface area contributed by atoms with Gasteiger partial charge in [-0.15, -0.1) is 0 Å². The fraction of sp³-hybridized carbons (Fsp3) is 0.812. The molecule has 0 amide bonds. The highest BCUT2D eigenvalue weighted by Gasteiger charge is 2.48. The quantitative estimate of drug-likeness (QED) is 0.921. The van der Waals surface area contributed by atoms with Crippen LogP contribution >= 0.6 is 0 Å². The van der Waals surface area contributed by atoms with Gasteiger partial charge in [0, 0.05) is 49.3 Å². The van der Waals surface area contributed by atoms with Gasteiger partial charge in [-0.25, -0.2) is 0 Å². The van der Waals surface area contributed by atoms with Crippen LogP contribution in [-0.2, 0) is 23.7 Å². The lowest BCUT2D eigenvalue weighted by Crippen LogP contribution is -2.60. The van der Waals surface area contributed by atoms with Gasteiger partial charge < -0.3 is 10.1 Å². The summed E-state index contributed by atoms with van der Waals surface area (Å²) in [5.41, 5.74) is 2.78. The first-order chi connectivity index (χ1) is 9.16. The molecule has 1 saturated carbocycles. The van der Waals surface area contributed by atoms with Crippen LogP contribution in [0.15, 0.2) is 6.20 Å². The summed E-state index contributed by atoms with van der Waals surface area (Å²) >= 11 is 0. The van der Waals surface area contributed by atoms with Gasteiger partial charge in [0.1, 0.15) is 0 Å². The van der Waals surface area contributed by atoms with Gasteiger partial charge in [0.15, 0.2) is 0 Å². The zero-order valence-corrected chi connectivity index (χ0v) is 13.9. The Morgan fingerprint density at radius 3 is 2.60 bits per heavy atom. The Labute approximate surface area is 122 Å². The first-order valence-corrected chi connectivity index (χ1v) is 7.45. The second-order valence-corrected chi connectivity index (χ2v) is 7.64. The maximum atomic E-state index is 5.51. The lowest BCUT2D eigenvalue weighted by atomic mass is 9.64. The fourth-order valence-corrected chi connectivity index (χ4v) is 3.16. The summed E-state index contributed by atoms with van der Waals surface area (Å²) in [5, 5.41) is 8.31. The van der Waals surface area contributed by atoms with Crippen molar-refractivity contribution in [2.45, 2.75) is 65.1 Å². The molecule has 0 spiro atoms. The molecule has 1 aliphatic carbocycles. The van der Waals surface area contributed by atoms with E-state index in [1.165, 1.54) is 11.3 Å². The highest BCUT2D eigenvalue weighted by atomic mass is 16.5. The number of nitrogens with zero attached hydrogens (tertiary/aromatic N) is 2. The molecule has 0 radical (unpaired) electrons. The molecule has 1 aromatic heterocycles. The summed E-state index contributed by atoms with van der Waals surface area (Å²) in [4.78, 5) is 0. The minimum Gasteiger partial charge on any atom is -0.381 e. The SMILES string of the molecule is COC1CC(NCc2cn(C)nc2C(C)(C)C)C1(C)C. The van der Waals surface area contributed by atoms with Gasteiger partial charge in [-0.1, -0.05) is 34.6 Å². The Bertz CT molecular complexity index is 471. The average Bonchev–Trinajstić information content (AvgIpc) is 2.69. The highest BCUT2D eigenvalue weighted by molar-refractivity contribution is 5.24. The number of ether oxygens (including phenoxy) is 1. The Kier molecular flexibility index (Phi) is 4.00. The van der Waals surface area contributed by atoms with E-state index in [-0.39, 0.29) is 10.8 Å². The molecule has 2 atom stereocenters. The smallest absolute Gasteiger partial charge is 0.0722 e. The normalized spacial score (nSPS) is 25.6. The highest BCUT2D eigenvalue weighted by Crippen LogP contribution is 2.42. The molecule has 4 heteroatoms. The Balaban J connectivity index is 2.03.